The van der Waals surface area contributed by atoms with Crippen molar-refractivity contribution in [1.82, 2.24) is 4.98 Å². The van der Waals surface area contributed by atoms with Gasteiger partial charge in [0.05, 0.1) is 35.8 Å². The van der Waals surface area contributed by atoms with Crippen molar-refractivity contribution in [1.29, 1.82) is 0 Å². The van der Waals surface area contributed by atoms with Crippen LogP contribution in [-0.4, -0.2) is 37.8 Å². The second kappa shape index (κ2) is 10.2. The first kappa shape index (κ1) is 26.1. The molecule has 0 aliphatic heterocycles. The number of aromatic nitrogens is 1. The van der Waals surface area contributed by atoms with Gasteiger partial charge >= 0.3 is 12.1 Å². The molecule has 13 heteroatoms. The summed E-state index contributed by atoms with van der Waals surface area (Å²) >= 11 is 1.32. The molecule has 0 bridgehead atoms. The number of halogens is 1. The zero-order valence-corrected chi connectivity index (χ0v) is 21.6. The van der Waals surface area contributed by atoms with Gasteiger partial charge in [0.1, 0.15) is 28.5 Å². The van der Waals surface area contributed by atoms with Gasteiger partial charge in [-0.3, -0.25) is 4.31 Å². The van der Waals surface area contributed by atoms with E-state index in [9.17, 15) is 22.4 Å². The summed E-state index contributed by atoms with van der Waals surface area (Å²) < 4.78 is 56.9. The third kappa shape index (κ3) is 5.73. The van der Waals surface area contributed by atoms with E-state index < -0.39 is 27.9 Å². The van der Waals surface area contributed by atoms with Gasteiger partial charge in [-0.25, -0.2) is 27.4 Å². The highest BCUT2D eigenvalue weighted by Crippen LogP contribution is 2.42. The average molecular weight is 548 g/mol. The molecule has 0 saturated carbocycles. The number of ether oxygens (including phenoxy) is 2. The van der Waals surface area contributed by atoms with Crippen molar-refractivity contribution >= 4 is 50.1 Å². The summed E-state index contributed by atoms with van der Waals surface area (Å²) in [4.78, 5) is 28.4. The van der Waals surface area contributed by atoms with Crippen LogP contribution in [0, 0.1) is 5.82 Å². The van der Waals surface area contributed by atoms with Gasteiger partial charge in [-0.1, -0.05) is 0 Å². The molecule has 0 radical (unpaired) electrons. The van der Waals surface area contributed by atoms with Crippen molar-refractivity contribution in [2.24, 2.45) is 5.73 Å². The van der Waals surface area contributed by atoms with Gasteiger partial charge in [0.2, 0.25) is 10.0 Å². The minimum Gasteiger partial charge on any atom is -0.489 e. The highest BCUT2D eigenvalue weighted by molar-refractivity contribution is 7.92. The second-order valence-corrected chi connectivity index (χ2v) is 10.9. The van der Waals surface area contributed by atoms with Crippen LogP contribution in [0.2, 0.25) is 0 Å². The molecule has 37 heavy (non-hydrogen) atoms. The smallest absolute Gasteiger partial charge is 0.412 e. The van der Waals surface area contributed by atoms with E-state index in [2.05, 4.69) is 9.72 Å². The van der Waals surface area contributed by atoms with Crippen molar-refractivity contribution in [3.63, 3.8) is 0 Å². The van der Waals surface area contributed by atoms with Gasteiger partial charge < -0.3 is 19.6 Å². The first-order valence-corrected chi connectivity index (χ1v) is 13.6. The minimum atomic E-state index is -3.83. The number of amides is 1. The van der Waals surface area contributed by atoms with Crippen LogP contribution >= 0.6 is 11.3 Å². The van der Waals surface area contributed by atoms with Crippen LogP contribution in [0.5, 0.6) is 5.75 Å². The van der Waals surface area contributed by atoms with Crippen LogP contribution in [0.1, 0.15) is 29.9 Å². The normalized spacial score (nSPS) is 11.6. The van der Waals surface area contributed by atoms with Crippen molar-refractivity contribution < 1.29 is 36.3 Å². The first-order valence-electron chi connectivity index (χ1n) is 10.8. The minimum absolute atomic E-state index is 0.0284. The Morgan fingerprint density at radius 2 is 1.92 bits per heavy atom. The fourth-order valence-electron chi connectivity index (χ4n) is 3.65. The van der Waals surface area contributed by atoms with E-state index in [-0.39, 0.29) is 46.4 Å². The quantitative estimate of drug-likeness (QED) is 0.247. The molecule has 0 aliphatic carbocycles. The van der Waals surface area contributed by atoms with Crippen molar-refractivity contribution in [3.8, 4) is 17.1 Å². The SMILES string of the molecule is CC(C)Oc1cc2c(C(=O)OC(N)=O)c(-c3ccc(F)cc3)oc2cc1N(Cc1cscn1)S(C)(=O)=O. The molecule has 2 aromatic carbocycles. The molecular weight excluding hydrogens is 525 g/mol. The molecule has 2 heterocycles. The maximum atomic E-state index is 13.6. The van der Waals surface area contributed by atoms with E-state index in [4.69, 9.17) is 14.9 Å². The van der Waals surface area contributed by atoms with Crippen LogP contribution in [0.4, 0.5) is 14.9 Å². The molecule has 2 aromatic heterocycles. The lowest BCUT2D eigenvalue weighted by Gasteiger charge is -2.25. The van der Waals surface area contributed by atoms with Gasteiger partial charge in [-0.2, -0.15) is 0 Å². The Kier molecular flexibility index (Phi) is 7.18. The molecule has 0 atom stereocenters. The summed E-state index contributed by atoms with van der Waals surface area (Å²) in [6, 6.07) is 7.94. The topological polar surface area (TPSA) is 142 Å². The number of nitrogens with two attached hydrogens (primary N) is 1. The number of carbonyl (C=O) groups excluding carboxylic acids is 2. The highest BCUT2D eigenvalue weighted by Gasteiger charge is 2.29. The van der Waals surface area contributed by atoms with Crippen LogP contribution in [0.15, 0.2) is 51.7 Å². The highest BCUT2D eigenvalue weighted by atomic mass is 32.2. The van der Waals surface area contributed by atoms with Crippen molar-refractivity contribution in [3.05, 3.63) is 64.4 Å². The lowest BCUT2D eigenvalue weighted by molar-refractivity contribution is 0.0640. The molecule has 2 N–H and O–H groups in total. The number of nitrogens with zero attached hydrogens (tertiary/aromatic N) is 2. The molecule has 0 fully saturated rings. The molecule has 1 amide bonds. The van der Waals surface area contributed by atoms with E-state index in [1.54, 1.807) is 24.7 Å². The monoisotopic (exact) mass is 547 g/mol. The Balaban J connectivity index is 2.00. The number of hydrogen-bond donors (Lipinski definition) is 1. The zero-order valence-electron chi connectivity index (χ0n) is 19.9. The number of primary amides is 1. The Labute approximate surface area is 215 Å². The van der Waals surface area contributed by atoms with Crippen LogP contribution in [0.25, 0.3) is 22.3 Å². The van der Waals surface area contributed by atoms with Gasteiger partial charge in [0.25, 0.3) is 0 Å². The number of furan rings is 1. The molecule has 194 valence electrons. The number of sulfonamides is 1. The maximum Gasteiger partial charge on any atom is 0.412 e. The number of benzene rings is 2. The number of rotatable bonds is 8. The molecule has 0 unspecified atom stereocenters. The summed E-state index contributed by atoms with van der Waals surface area (Å²) in [6.07, 6.45) is -0.655. The number of esters is 1. The Morgan fingerprint density at radius 1 is 1.22 bits per heavy atom. The molecule has 4 aromatic rings. The van der Waals surface area contributed by atoms with E-state index in [1.165, 1.54) is 47.7 Å². The Morgan fingerprint density at radius 3 is 2.49 bits per heavy atom. The summed E-state index contributed by atoms with van der Waals surface area (Å²) in [7, 11) is -3.83. The first-order chi connectivity index (χ1) is 17.4. The van der Waals surface area contributed by atoms with Gasteiger partial charge in [0, 0.05) is 22.4 Å². The summed E-state index contributed by atoms with van der Waals surface area (Å²) in [5, 5.41) is 1.89. The summed E-state index contributed by atoms with van der Waals surface area (Å²) in [5.41, 5.74) is 7.55. The van der Waals surface area contributed by atoms with Gasteiger partial charge in [0.15, 0.2) is 0 Å². The number of carbonyl (C=O) groups is 2. The largest absolute Gasteiger partial charge is 0.489 e. The molecule has 10 nitrogen and oxygen atoms in total. The lowest BCUT2D eigenvalue weighted by Crippen LogP contribution is -2.30. The average Bonchev–Trinajstić information content (AvgIpc) is 3.43. The Bertz CT molecular complexity index is 1560. The van der Waals surface area contributed by atoms with Crippen LogP contribution < -0.4 is 14.8 Å². The fraction of sp³-hybridized carbons (Fsp3) is 0.208. The van der Waals surface area contributed by atoms with Crippen molar-refractivity contribution in [2.75, 3.05) is 10.6 Å². The van der Waals surface area contributed by atoms with Gasteiger partial charge in [-0.15, -0.1) is 11.3 Å². The number of thiazole rings is 1. The van der Waals surface area contributed by atoms with E-state index in [0.717, 1.165) is 10.6 Å². The van der Waals surface area contributed by atoms with Gasteiger partial charge in [-0.05, 0) is 44.2 Å². The zero-order chi connectivity index (χ0) is 26.9. The maximum absolute atomic E-state index is 13.6. The molecule has 4 rings (SSSR count). The second-order valence-electron chi connectivity index (χ2n) is 8.25. The third-order valence-electron chi connectivity index (χ3n) is 5.09. The predicted molar refractivity (Wildman–Crippen MR) is 136 cm³/mol. The summed E-state index contributed by atoms with van der Waals surface area (Å²) in [5.74, 6) is -1.51. The van der Waals surface area contributed by atoms with E-state index in [1.807, 2.05) is 0 Å². The lowest BCUT2D eigenvalue weighted by atomic mass is 10.0. The standard InChI is InChI=1S/C24H22FN3O7S2/c1-13(2)33-20-8-17-19(9-18(20)28(37(3,31)32)10-16-11-36-12-27-16)34-22(14-4-6-15(25)7-5-14)21(17)23(29)35-24(26)30/h4-9,11-13H,10H2,1-3H3,(H2,26,30). The Hall–Kier alpha value is -3.97. The van der Waals surface area contributed by atoms with Crippen molar-refractivity contribution in [2.45, 2.75) is 26.5 Å². The number of hydrogen-bond acceptors (Lipinski definition) is 9. The third-order valence-corrected chi connectivity index (χ3v) is 6.86. The summed E-state index contributed by atoms with van der Waals surface area (Å²) in [6.45, 7) is 3.42. The predicted octanol–water partition coefficient (Wildman–Crippen LogP) is 4.68. The molecule has 0 saturated heterocycles. The van der Waals surface area contributed by atoms with Crippen LogP contribution in [-0.2, 0) is 21.3 Å². The number of anilines is 1. The van der Waals surface area contributed by atoms with E-state index in [0.29, 0.717) is 11.3 Å². The number of fused-ring (bicyclic) bond motifs is 1. The molecular formula is C24H22FN3O7S2. The van der Waals surface area contributed by atoms with Crippen LogP contribution in [0.3, 0.4) is 0 Å². The molecule has 0 spiro atoms. The fourth-order valence-corrected chi connectivity index (χ4v) is 5.07. The van der Waals surface area contributed by atoms with E-state index >= 15 is 0 Å². The molecule has 0 aliphatic rings.